The molecule has 1 N–H and O–H groups in total. The van der Waals surface area contributed by atoms with Crippen molar-refractivity contribution in [1.29, 1.82) is 0 Å². The molecule has 4 rings (SSSR count). The summed E-state index contributed by atoms with van der Waals surface area (Å²) in [7, 11) is 0. The molecule has 4 aromatic rings. The Balaban J connectivity index is 1.48. The molecule has 0 aliphatic carbocycles. The largest absolute Gasteiger partial charge is 0.464 e. The van der Waals surface area contributed by atoms with Gasteiger partial charge in [-0.05, 0) is 52.6 Å². The van der Waals surface area contributed by atoms with E-state index in [9.17, 15) is 4.79 Å². The Morgan fingerprint density at radius 1 is 1.06 bits per heavy atom. The second-order valence-corrected chi connectivity index (χ2v) is 8.05. The van der Waals surface area contributed by atoms with Gasteiger partial charge in [0.05, 0.1) is 5.56 Å². The van der Waals surface area contributed by atoms with Gasteiger partial charge in [-0.15, -0.1) is 5.10 Å². The number of amides is 1. The summed E-state index contributed by atoms with van der Waals surface area (Å²) >= 11 is 7.06. The van der Waals surface area contributed by atoms with Crippen molar-refractivity contribution < 1.29 is 9.53 Å². The first-order valence-corrected chi connectivity index (χ1v) is 10.9. The molecule has 0 atom stereocenters. The van der Waals surface area contributed by atoms with Crippen LogP contribution in [0.2, 0.25) is 5.02 Å². The molecule has 8 heteroatoms. The zero-order chi connectivity index (χ0) is 21.6. The van der Waals surface area contributed by atoms with E-state index in [0.29, 0.717) is 27.5 Å². The molecule has 0 fully saturated rings. The van der Waals surface area contributed by atoms with Crippen LogP contribution in [0.1, 0.15) is 28.4 Å². The number of nitrogens with one attached hydrogen (secondary N) is 1. The number of hydrogen-bond acceptors (Lipinski definition) is 6. The summed E-state index contributed by atoms with van der Waals surface area (Å²) in [5.74, 6) is -0.274. The van der Waals surface area contributed by atoms with Gasteiger partial charge in [-0.1, -0.05) is 60.0 Å². The fraction of sp³-hybridized carbons (Fsp3) is 0.130. The van der Waals surface area contributed by atoms with Gasteiger partial charge < -0.3 is 4.74 Å². The van der Waals surface area contributed by atoms with E-state index in [2.05, 4.69) is 33.5 Å². The number of nitrogens with zero attached hydrogens (tertiary/aromatic N) is 3. The summed E-state index contributed by atoms with van der Waals surface area (Å²) in [5.41, 5.74) is 4.41. The molecule has 0 saturated carbocycles. The number of aryl methyl sites for hydroxylation is 1. The SMILES string of the molecule is CCc1ccccc1-c1cnccc1C(=O)Nc1nnc(OCc2ccc(Cl)cc2)s1. The highest BCUT2D eigenvalue weighted by Gasteiger charge is 2.17. The molecule has 2 heterocycles. The lowest BCUT2D eigenvalue weighted by atomic mass is 9.95. The highest BCUT2D eigenvalue weighted by atomic mass is 35.5. The molecule has 0 bridgehead atoms. The second kappa shape index (κ2) is 9.68. The van der Waals surface area contributed by atoms with E-state index in [1.54, 1.807) is 30.6 Å². The maximum Gasteiger partial charge on any atom is 0.296 e. The van der Waals surface area contributed by atoms with Gasteiger partial charge in [0.15, 0.2) is 0 Å². The third kappa shape index (κ3) is 5.07. The van der Waals surface area contributed by atoms with E-state index < -0.39 is 0 Å². The third-order valence-electron chi connectivity index (χ3n) is 4.66. The van der Waals surface area contributed by atoms with Gasteiger partial charge in [0.2, 0.25) is 5.13 Å². The molecule has 0 radical (unpaired) electrons. The van der Waals surface area contributed by atoms with Crippen molar-refractivity contribution in [2.24, 2.45) is 0 Å². The molecule has 0 aliphatic heterocycles. The molecule has 6 nitrogen and oxygen atoms in total. The Labute approximate surface area is 188 Å². The van der Waals surface area contributed by atoms with E-state index in [1.165, 1.54) is 11.3 Å². The highest BCUT2D eigenvalue weighted by molar-refractivity contribution is 7.17. The molecule has 2 aromatic heterocycles. The standard InChI is InChI=1S/C23H19ClN4O2S/c1-2-16-5-3-4-6-18(16)20-13-25-12-11-19(20)21(29)26-22-27-28-23(31-22)30-14-15-7-9-17(24)10-8-15/h3-13H,2,14H2,1H3,(H,26,27,29). The molecular weight excluding hydrogens is 432 g/mol. The fourth-order valence-electron chi connectivity index (χ4n) is 3.11. The number of halogens is 1. The van der Waals surface area contributed by atoms with E-state index in [0.717, 1.165) is 28.7 Å². The van der Waals surface area contributed by atoms with Crippen LogP contribution in [0.15, 0.2) is 67.0 Å². The Hall–Kier alpha value is -3.29. The molecule has 0 aliphatic rings. The van der Waals surface area contributed by atoms with Gasteiger partial charge in [0.25, 0.3) is 11.1 Å². The van der Waals surface area contributed by atoms with Crippen LogP contribution < -0.4 is 10.1 Å². The van der Waals surface area contributed by atoms with E-state index in [1.807, 2.05) is 30.3 Å². The van der Waals surface area contributed by atoms with Crippen molar-refractivity contribution in [1.82, 2.24) is 15.2 Å². The van der Waals surface area contributed by atoms with Gasteiger partial charge >= 0.3 is 0 Å². The summed E-state index contributed by atoms with van der Waals surface area (Å²) in [5, 5.41) is 12.2. The van der Waals surface area contributed by atoms with Crippen molar-refractivity contribution in [3.63, 3.8) is 0 Å². The van der Waals surface area contributed by atoms with Crippen LogP contribution in [0, 0.1) is 0 Å². The zero-order valence-electron chi connectivity index (χ0n) is 16.7. The van der Waals surface area contributed by atoms with Crippen LogP contribution in [0.5, 0.6) is 5.19 Å². The van der Waals surface area contributed by atoms with Crippen LogP contribution in [0.25, 0.3) is 11.1 Å². The topological polar surface area (TPSA) is 77.0 Å². The van der Waals surface area contributed by atoms with E-state index in [4.69, 9.17) is 16.3 Å². The van der Waals surface area contributed by atoms with Crippen molar-refractivity contribution in [3.05, 3.63) is 88.7 Å². The second-order valence-electron chi connectivity index (χ2n) is 6.67. The molecule has 0 saturated heterocycles. The summed E-state index contributed by atoms with van der Waals surface area (Å²) in [6, 6.07) is 17.1. The molecule has 2 aromatic carbocycles. The van der Waals surface area contributed by atoms with Gasteiger partial charge in [-0.3, -0.25) is 15.1 Å². The van der Waals surface area contributed by atoms with Crippen LogP contribution in [0.4, 0.5) is 5.13 Å². The lowest BCUT2D eigenvalue weighted by molar-refractivity contribution is 0.102. The Bertz CT molecular complexity index is 1190. The predicted molar refractivity (Wildman–Crippen MR) is 123 cm³/mol. The number of aromatic nitrogens is 3. The maximum absolute atomic E-state index is 13.0. The summed E-state index contributed by atoms with van der Waals surface area (Å²) < 4.78 is 5.66. The Kier molecular flexibility index (Phi) is 6.54. The summed E-state index contributed by atoms with van der Waals surface area (Å²) in [6.07, 6.45) is 4.18. The van der Waals surface area contributed by atoms with E-state index in [-0.39, 0.29) is 5.91 Å². The number of ether oxygens (including phenoxy) is 1. The van der Waals surface area contributed by atoms with Crippen LogP contribution in [-0.4, -0.2) is 21.1 Å². The molecular formula is C23H19ClN4O2S. The quantitative estimate of drug-likeness (QED) is 0.394. The monoisotopic (exact) mass is 450 g/mol. The number of benzene rings is 2. The van der Waals surface area contributed by atoms with Gasteiger partial charge in [0.1, 0.15) is 6.61 Å². The first kappa shape index (κ1) is 21.0. The molecule has 156 valence electrons. The maximum atomic E-state index is 13.0. The number of carbonyl (C=O) groups is 1. The lowest BCUT2D eigenvalue weighted by Gasteiger charge is -2.11. The molecule has 0 spiro atoms. The van der Waals surface area contributed by atoms with Crippen LogP contribution in [-0.2, 0) is 13.0 Å². The average molecular weight is 451 g/mol. The number of rotatable bonds is 7. The summed E-state index contributed by atoms with van der Waals surface area (Å²) in [4.78, 5) is 17.2. The zero-order valence-corrected chi connectivity index (χ0v) is 18.3. The van der Waals surface area contributed by atoms with Gasteiger partial charge in [-0.2, -0.15) is 0 Å². The third-order valence-corrected chi connectivity index (χ3v) is 5.66. The van der Waals surface area contributed by atoms with Crippen LogP contribution in [0.3, 0.4) is 0 Å². The Morgan fingerprint density at radius 2 is 1.87 bits per heavy atom. The fourth-order valence-corrected chi connectivity index (χ4v) is 3.82. The minimum absolute atomic E-state index is 0.274. The number of hydrogen-bond donors (Lipinski definition) is 1. The molecule has 0 unspecified atom stereocenters. The summed E-state index contributed by atoms with van der Waals surface area (Å²) in [6.45, 7) is 2.42. The van der Waals surface area contributed by atoms with Gasteiger partial charge in [-0.25, -0.2) is 0 Å². The molecule has 31 heavy (non-hydrogen) atoms. The average Bonchev–Trinajstić information content (AvgIpc) is 3.26. The number of pyridine rings is 1. The van der Waals surface area contributed by atoms with Crippen molar-refractivity contribution in [3.8, 4) is 16.3 Å². The number of carbonyl (C=O) groups excluding carboxylic acids is 1. The Morgan fingerprint density at radius 3 is 2.68 bits per heavy atom. The van der Waals surface area contributed by atoms with Crippen molar-refractivity contribution in [2.45, 2.75) is 20.0 Å². The molecule has 1 amide bonds. The van der Waals surface area contributed by atoms with Crippen LogP contribution >= 0.6 is 22.9 Å². The lowest BCUT2D eigenvalue weighted by Crippen LogP contribution is -2.13. The van der Waals surface area contributed by atoms with Crippen molar-refractivity contribution in [2.75, 3.05) is 5.32 Å². The van der Waals surface area contributed by atoms with Crippen molar-refractivity contribution >= 4 is 34.0 Å². The number of anilines is 1. The first-order chi connectivity index (χ1) is 15.1. The smallest absolute Gasteiger partial charge is 0.296 e. The highest BCUT2D eigenvalue weighted by Crippen LogP contribution is 2.29. The van der Waals surface area contributed by atoms with E-state index >= 15 is 0 Å². The predicted octanol–water partition coefficient (Wildman–Crippen LogP) is 5.65. The first-order valence-electron chi connectivity index (χ1n) is 9.68. The minimum Gasteiger partial charge on any atom is -0.464 e. The normalized spacial score (nSPS) is 10.6. The minimum atomic E-state index is -0.274. The van der Waals surface area contributed by atoms with Gasteiger partial charge in [0, 0.05) is 23.0 Å².